The van der Waals surface area contributed by atoms with Gasteiger partial charge in [-0.15, -0.1) is 0 Å². The number of ether oxygens (including phenoxy) is 1. The van der Waals surface area contributed by atoms with Gasteiger partial charge in [-0.1, -0.05) is 24.3 Å². The first-order valence-electron chi connectivity index (χ1n) is 11.7. The van der Waals surface area contributed by atoms with Crippen molar-refractivity contribution in [3.05, 3.63) is 70.9 Å². The maximum Gasteiger partial charge on any atom is 0.338 e. The van der Waals surface area contributed by atoms with E-state index < -0.39 is 0 Å². The van der Waals surface area contributed by atoms with Crippen LogP contribution in [0.1, 0.15) is 64.6 Å². The van der Waals surface area contributed by atoms with Crippen LogP contribution in [0.2, 0.25) is 0 Å². The fourth-order valence-corrected chi connectivity index (χ4v) is 4.45. The van der Waals surface area contributed by atoms with Crippen LogP contribution in [0.5, 0.6) is 0 Å². The van der Waals surface area contributed by atoms with Crippen LogP contribution in [0.25, 0.3) is 10.9 Å². The number of amides is 1. The van der Waals surface area contributed by atoms with Crippen LogP contribution in [0, 0.1) is 5.41 Å². The second-order valence-electron chi connectivity index (χ2n) is 8.81. The molecule has 0 saturated heterocycles. The highest BCUT2D eigenvalue weighted by Crippen LogP contribution is 2.24. The van der Waals surface area contributed by atoms with Gasteiger partial charge in [0.25, 0.3) is 5.91 Å². The molecule has 0 unspecified atom stereocenters. The molecule has 0 bridgehead atoms. The molecule has 1 aliphatic rings. The fraction of sp³-hybridized carbons (Fsp3) is 0.346. The normalized spacial score (nSPS) is 17.9. The minimum absolute atomic E-state index is 0.0296. The SMILES string of the molecule is CCOC(=O)c1ccc(Cn2c(C(=O)N[C@H]3CC[C@H](N)CC3)cc3ccc(C(=N)N)cc32)cc1. The summed E-state index contributed by atoms with van der Waals surface area (Å²) in [6, 6.07) is 14.9. The average molecular weight is 462 g/mol. The van der Waals surface area contributed by atoms with E-state index in [1.807, 2.05) is 34.9 Å². The molecule has 1 aromatic heterocycles. The van der Waals surface area contributed by atoms with Crippen LogP contribution in [-0.4, -0.2) is 41.0 Å². The molecule has 0 spiro atoms. The number of rotatable bonds is 7. The first-order chi connectivity index (χ1) is 16.4. The summed E-state index contributed by atoms with van der Waals surface area (Å²) in [4.78, 5) is 25.3. The Hall–Kier alpha value is -3.65. The molecule has 2 aromatic carbocycles. The summed E-state index contributed by atoms with van der Waals surface area (Å²) < 4.78 is 6.99. The molecule has 178 valence electrons. The monoisotopic (exact) mass is 461 g/mol. The summed E-state index contributed by atoms with van der Waals surface area (Å²) in [5, 5.41) is 11.9. The molecule has 1 fully saturated rings. The highest BCUT2D eigenvalue weighted by atomic mass is 16.5. The molecule has 8 nitrogen and oxygen atoms in total. The molecule has 1 saturated carbocycles. The predicted octanol–water partition coefficient (Wildman–Crippen LogP) is 3.15. The number of benzene rings is 2. The summed E-state index contributed by atoms with van der Waals surface area (Å²) >= 11 is 0. The molecule has 1 aliphatic carbocycles. The zero-order chi connectivity index (χ0) is 24.2. The van der Waals surface area contributed by atoms with Crippen LogP contribution in [0.3, 0.4) is 0 Å². The van der Waals surface area contributed by atoms with E-state index in [0.717, 1.165) is 42.1 Å². The minimum Gasteiger partial charge on any atom is -0.462 e. The van der Waals surface area contributed by atoms with Gasteiger partial charge in [0.2, 0.25) is 0 Å². The average Bonchev–Trinajstić information content (AvgIpc) is 3.19. The van der Waals surface area contributed by atoms with Crippen molar-refractivity contribution < 1.29 is 14.3 Å². The lowest BCUT2D eigenvalue weighted by atomic mass is 9.92. The summed E-state index contributed by atoms with van der Waals surface area (Å²) in [6.07, 6.45) is 3.55. The Labute approximate surface area is 198 Å². The van der Waals surface area contributed by atoms with Gasteiger partial charge >= 0.3 is 5.97 Å². The van der Waals surface area contributed by atoms with Crippen molar-refractivity contribution in [1.82, 2.24) is 9.88 Å². The summed E-state index contributed by atoms with van der Waals surface area (Å²) in [5.74, 6) is -0.527. The number of nitrogens with one attached hydrogen (secondary N) is 2. The number of fused-ring (bicyclic) bond motifs is 1. The Bertz CT molecular complexity index is 1210. The molecule has 0 aliphatic heterocycles. The lowest BCUT2D eigenvalue weighted by molar-refractivity contribution is 0.0526. The van der Waals surface area contributed by atoms with Gasteiger partial charge in [-0.3, -0.25) is 10.2 Å². The lowest BCUT2D eigenvalue weighted by Crippen LogP contribution is -2.41. The van der Waals surface area contributed by atoms with Crippen LogP contribution in [0.15, 0.2) is 48.5 Å². The molecule has 1 heterocycles. The van der Waals surface area contributed by atoms with E-state index in [1.165, 1.54) is 0 Å². The topological polar surface area (TPSA) is 136 Å². The smallest absolute Gasteiger partial charge is 0.338 e. The first-order valence-corrected chi connectivity index (χ1v) is 11.7. The van der Waals surface area contributed by atoms with Crippen LogP contribution in [0.4, 0.5) is 0 Å². The number of nitrogens with zero attached hydrogens (tertiary/aromatic N) is 1. The largest absolute Gasteiger partial charge is 0.462 e. The molecule has 8 heteroatoms. The predicted molar refractivity (Wildman–Crippen MR) is 132 cm³/mol. The number of hydrogen-bond donors (Lipinski definition) is 4. The van der Waals surface area contributed by atoms with Crippen molar-refractivity contribution in [1.29, 1.82) is 5.41 Å². The van der Waals surface area contributed by atoms with Gasteiger partial charge in [0, 0.05) is 35.1 Å². The van der Waals surface area contributed by atoms with E-state index in [1.54, 1.807) is 25.1 Å². The van der Waals surface area contributed by atoms with Gasteiger partial charge in [0.05, 0.1) is 12.2 Å². The van der Waals surface area contributed by atoms with Crippen molar-refractivity contribution in [2.75, 3.05) is 6.61 Å². The van der Waals surface area contributed by atoms with Gasteiger partial charge in [-0.2, -0.15) is 0 Å². The van der Waals surface area contributed by atoms with Crippen LogP contribution < -0.4 is 16.8 Å². The number of esters is 1. The molecular formula is C26H31N5O3. The van der Waals surface area contributed by atoms with Crippen molar-refractivity contribution in [3.8, 4) is 0 Å². The minimum atomic E-state index is -0.362. The van der Waals surface area contributed by atoms with E-state index in [-0.39, 0.29) is 29.8 Å². The number of amidine groups is 1. The molecule has 0 atom stereocenters. The molecule has 0 radical (unpaired) electrons. The summed E-state index contributed by atoms with van der Waals surface area (Å²) in [6.45, 7) is 2.51. The van der Waals surface area contributed by atoms with E-state index in [0.29, 0.717) is 30.0 Å². The zero-order valence-corrected chi connectivity index (χ0v) is 19.3. The highest BCUT2D eigenvalue weighted by Gasteiger charge is 2.23. The highest BCUT2D eigenvalue weighted by molar-refractivity contribution is 6.02. The van der Waals surface area contributed by atoms with Crippen molar-refractivity contribution in [2.24, 2.45) is 11.5 Å². The van der Waals surface area contributed by atoms with E-state index in [9.17, 15) is 9.59 Å². The Morgan fingerprint density at radius 3 is 2.38 bits per heavy atom. The maximum absolute atomic E-state index is 13.3. The standard InChI is InChI=1S/C26H31N5O3/c1-2-34-26(33)17-5-3-16(4-6-17)15-31-22-14-19(24(28)29)8-7-18(22)13-23(31)25(32)30-21-11-9-20(27)10-12-21/h3-8,13-14,20-21H,2,9-12,15,27H2,1H3,(H3,28,29)(H,30,32)/t20-,21-. The first kappa shape index (κ1) is 23.5. The summed E-state index contributed by atoms with van der Waals surface area (Å²) in [5.41, 5.74) is 15.1. The third kappa shape index (κ3) is 5.12. The van der Waals surface area contributed by atoms with Gasteiger partial charge in [0.1, 0.15) is 11.5 Å². The van der Waals surface area contributed by atoms with E-state index in [4.69, 9.17) is 21.6 Å². The third-order valence-corrected chi connectivity index (χ3v) is 6.36. The Morgan fingerprint density at radius 2 is 1.74 bits per heavy atom. The van der Waals surface area contributed by atoms with Crippen molar-refractivity contribution >= 4 is 28.6 Å². The van der Waals surface area contributed by atoms with Gasteiger partial charge in [-0.25, -0.2) is 4.79 Å². The number of carbonyl (C=O) groups is 2. The number of nitrogens with two attached hydrogens (primary N) is 2. The Morgan fingerprint density at radius 1 is 1.06 bits per heavy atom. The van der Waals surface area contributed by atoms with E-state index in [2.05, 4.69) is 5.32 Å². The third-order valence-electron chi connectivity index (χ3n) is 6.36. The maximum atomic E-state index is 13.3. The van der Waals surface area contributed by atoms with Gasteiger partial charge in [0.15, 0.2) is 0 Å². The molecule has 3 aromatic rings. The lowest BCUT2D eigenvalue weighted by Gasteiger charge is -2.27. The number of hydrogen-bond acceptors (Lipinski definition) is 5. The van der Waals surface area contributed by atoms with Gasteiger partial charge in [-0.05, 0) is 62.4 Å². The Kier molecular flexibility index (Phi) is 6.98. The number of aromatic nitrogens is 1. The molecule has 34 heavy (non-hydrogen) atoms. The summed E-state index contributed by atoms with van der Waals surface area (Å²) in [7, 11) is 0. The van der Waals surface area contributed by atoms with Crippen LogP contribution in [-0.2, 0) is 11.3 Å². The quantitative estimate of drug-likeness (QED) is 0.243. The molecular weight excluding hydrogens is 430 g/mol. The second-order valence-corrected chi connectivity index (χ2v) is 8.81. The number of carbonyl (C=O) groups excluding carboxylic acids is 2. The second kappa shape index (κ2) is 10.1. The molecule has 6 N–H and O–H groups in total. The fourth-order valence-electron chi connectivity index (χ4n) is 4.45. The molecule has 4 rings (SSSR count). The van der Waals surface area contributed by atoms with Crippen molar-refractivity contribution in [2.45, 2.75) is 51.2 Å². The Balaban J connectivity index is 1.66. The number of nitrogen functional groups attached to an aromatic ring is 1. The molecule has 1 amide bonds. The van der Waals surface area contributed by atoms with Crippen molar-refractivity contribution in [3.63, 3.8) is 0 Å². The van der Waals surface area contributed by atoms with E-state index >= 15 is 0 Å². The van der Waals surface area contributed by atoms with Crippen LogP contribution >= 0.6 is 0 Å². The zero-order valence-electron chi connectivity index (χ0n) is 19.3. The van der Waals surface area contributed by atoms with Gasteiger partial charge < -0.3 is 26.1 Å².